The number of hydrogen-bond donors (Lipinski definition) is 1. The van der Waals surface area contributed by atoms with Crippen molar-refractivity contribution in [3.63, 3.8) is 0 Å². The van der Waals surface area contributed by atoms with Gasteiger partial charge in [0.25, 0.3) is 11.8 Å². The summed E-state index contributed by atoms with van der Waals surface area (Å²) in [6.07, 6.45) is 2.97. The molecular formula is C18H24N6O2S. The number of aryl methyl sites for hydroxylation is 1. The molecule has 0 atom stereocenters. The molecule has 1 aliphatic carbocycles. The summed E-state index contributed by atoms with van der Waals surface area (Å²) in [7, 11) is 0. The molecule has 4 rings (SSSR count). The average Bonchev–Trinajstić information content (AvgIpc) is 3.26. The van der Waals surface area contributed by atoms with Gasteiger partial charge < -0.3 is 4.90 Å². The topological polar surface area (TPSA) is 93.0 Å². The van der Waals surface area contributed by atoms with Gasteiger partial charge in [-0.3, -0.25) is 19.6 Å². The van der Waals surface area contributed by atoms with Crippen molar-refractivity contribution in [2.75, 3.05) is 18.4 Å². The van der Waals surface area contributed by atoms with Gasteiger partial charge in [-0.15, -0.1) is 10.2 Å². The molecule has 2 aromatic heterocycles. The van der Waals surface area contributed by atoms with Crippen molar-refractivity contribution in [2.45, 2.75) is 52.5 Å². The summed E-state index contributed by atoms with van der Waals surface area (Å²) in [4.78, 5) is 27.8. The minimum Gasteiger partial charge on any atom is -0.335 e. The van der Waals surface area contributed by atoms with Crippen LogP contribution >= 0.6 is 11.3 Å². The summed E-state index contributed by atoms with van der Waals surface area (Å²) in [6.45, 7) is 8.17. The minimum absolute atomic E-state index is 0.00195. The van der Waals surface area contributed by atoms with Crippen LogP contribution in [0.2, 0.25) is 0 Å². The summed E-state index contributed by atoms with van der Waals surface area (Å²) >= 11 is 1.32. The highest BCUT2D eigenvalue weighted by molar-refractivity contribution is 7.15. The maximum Gasteiger partial charge on any atom is 0.278 e. The smallest absolute Gasteiger partial charge is 0.278 e. The maximum atomic E-state index is 13.1. The molecule has 2 aliphatic rings. The largest absolute Gasteiger partial charge is 0.335 e. The number of carbonyl (C=O) groups is 2. The zero-order chi connectivity index (χ0) is 19.1. The van der Waals surface area contributed by atoms with Gasteiger partial charge in [-0.25, -0.2) is 0 Å². The predicted octanol–water partition coefficient (Wildman–Crippen LogP) is 2.67. The summed E-state index contributed by atoms with van der Waals surface area (Å²) < 4.78 is 1.72. The lowest BCUT2D eigenvalue weighted by Crippen LogP contribution is -2.41. The van der Waals surface area contributed by atoms with E-state index in [1.807, 2.05) is 11.8 Å². The third kappa shape index (κ3) is 3.60. The molecule has 2 amide bonds. The number of hydrogen-bond acceptors (Lipinski definition) is 6. The fourth-order valence-electron chi connectivity index (χ4n) is 3.39. The number of fused-ring (bicyclic) bond motifs is 1. The Bertz CT molecular complexity index is 883. The highest BCUT2D eigenvalue weighted by Crippen LogP contribution is 2.44. The molecule has 1 aliphatic heterocycles. The van der Waals surface area contributed by atoms with Gasteiger partial charge >= 0.3 is 0 Å². The standard InChI is InChI=1S/C18H24N6O2S/c1-10(2)6-7-23-8-9-24-15(17(23)26)13(12-4-5-12)14(22-24)16(25)19-18-21-20-11(3)27-18/h10,12H,4-9H2,1-3H3,(H,19,21,25). The van der Waals surface area contributed by atoms with Gasteiger partial charge in [-0.1, -0.05) is 25.2 Å². The van der Waals surface area contributed by atoms with E-state index >= 15 is 0 Å². The third-order valence-corrected chi connectivity index (χ3v) is 5.74. The molecule has 144 valence electrons. The Morgan fingerprint density at radius 3 is 2.70 bits per heavy atom. The first-order valence-corrected chi connectivity index (χ1v) is 10.3. The van der Waals surface area contributed by atoms with Gasteiger partial charge in [0.1, 0.15) is 10.7 Å². The molecular weight excluding hydrogens is 364 g/mol. The lowest BCUT2D eigenvalue weighted by atomic mass is 10.0. The van der Waals surface area contributed by atoms with Crippen molar-refractivity contribution in [2.24, 2.45) is 5.92 Å². The fraction of sp³-hybridized carbons (Fsp3) is 0.611. The Kier molecular flexibility index (Phi) is 4.71. The molecule has 0 unspecified atom stereocenters. The van der Waals surface area contributed by atoms with Crippen LogP contribution in [0.1, 0.15) is 70.6 Å². The van der Waals surface area contributed by atoms with E-state index in [0.717, 1.165) is 36.4 Å². The van der Waals surface area contributed by atoms with Crippen molar-refractivity contribution in [1.82, 2.24) is 24.9 Å². The van der Waals surface area contributed by atoms with Crippen LogP contribution in [0.3, 0.4) is 0 Å². The van der Waals surface area contributed by atoms with E-state index in [9.17, 15) is 9.59 Å². The van der Waals surface area contributed by atoms with E-state index in [2.05, 4.69) is 34.5 Å². The van der Waals surface area contributed by atoms with Crippen LogP contribution in [-0.2, 0) is 6.54 Å². The average molecular weight is 388 g/mol. The molecule has 2 aromatic rings. The first-order chi connectivity index (χ1) is 12.9. The van der Waals surface area contributed by atoms with Gasteiger partial charge in [0.15, 0.2) is 5.69 Å². The minimum atomic E-state index is -0.309. The van der Waals surface area contributed by atoms with Gasteiger partial charge in [-0.2, -0.15) is 5.10 Å². The van der Waals surface area contributed by atoms with Gasteiger partial charge in [0.2, 0.25) is 5.13 Å². The van der Waals surface area contributed by atoms with E-state index in [-0.39, 0.29) is 17.7 Å². The zero-order valence-corrected chi connectivity index (χ0v) is 16.7. The van der Waals surface area contributed by atoms with Crippen LogP contribution in [0, 0.1) is 12.8 Å². The van der Waals surface area contributed by atoms with Crippen LogP contribution in [0.5, 0.6) is 0 Å². The molecule has 27 heavy (non-hydrogen) atoms. The van der Waals surface area contributed by atoms with Gasteiger partial charge in [0, 0.05) is 18.7 Å². The van der Waals surface area contributed by atoms with E-state index in [1.165, 1.54) is 11.3 Å². The molecule has 0 aromatic carbocycles. The van der Waals surface area contributed by atoms with Crippen LogP contribution in [0.15, 0.2) is 0 Å². The van der Waals surface area contributed by atoms with Crippen LogP contribution in [0.25, 0.3) is 0 Å². The Hall–Kier alpha value is -2.29. The molecule has 3 heterocycles. The first-order valence-electron chi connectivity index (χ1n) is 9.45. The molecule has 0 bridgehead atoms. The monoisotopic (exact) mass is 388 g/mol. The van der Waals surface area contributed by atoms with E-state index in [4.69, 9.17) is 0 Å². The van der Waals surface area contributed by atoms with Crippen molar-refractivity contribution < 1.29 is 9.59 Å². The number of nitrogens with zero attached hydrogens (tertiary/aromatic N) is 5. The second kappa shape index (κ2) is 7.03. The summed E-state index contributed by atoms with van der Waals surface area (Å²) in [5, 5.41) is 16.4. The van der Waals surface area contributed by atoms with Crippen LogP contribution in [-0.4, -0.2) is 49.8 Å². The first kappa shape index (κ1) is 18.1. The number of amides is 2. The quantitative estimate of drug-likeness (QED) is 0.821. The lowest BCUT2D eigenvalue weighted by molar-refractivity contribution is 0.0687. The van der Waals surface area contributed by atoms with E-state index < -0.39 is 0 Å². The van der Waals surface area contributed by atoms with Crippen LogP contribution in [0.4, 0.5) is 5.13 Å². The van der Waals surface area contributed by atoms with Gasteiger partial charge in [-0.05, 0) is 38.0 Å². The summed E-state index contributed by atoms with van der Waals surface area (Å²) in [5.74, 6) is 0.488. The summed E-state index contributed by atoms with van der Waals surface area (Å²) in [5.41, 5.74) is 1.78. The summed E-state index contributed by atoms with van der Waals surface area (Å²) in [6, 6.07) is 0. The zero-order valence-electron chi connectivity index (χ0n) is 15.9. The molecule has 0 spiro atoms. The molecule has 1 saturated carbocycles. The second-order valence-electron chi connectivity index (χ2n) is 7.66. The maximum absolute atomic E-state index is 13.1. The molecule has 1 N–H and O–H groups in total. The Labute approximate surface area is 162 Å². The van der Waals surface area contributed by atoms with Crippen molar-refractivity contribution in [1.29, 1.82) is 0 Å². The van der Waals surface area contributed by atoms with Crippen molar-refractivity contribution in [3.8, 4) is 0 Å². The predicted molar refractivity (Wildman–Crippen MR) is 102 cm³/mol. The fourth-order valence-corrected chi connectivity index (χ4v) is 3.97. The molecule has 0 radical (unpaired) electrons. The molecule has 0 saturated heterocycles. The SMILES string of the molecule is Cc1nnc(NC(=O)c2nn3c(c2C2CC2)C(=O)N(CCC(C)C)CC3)s1. The number of nitrogens with one attached hydrogen (secondary N) is 1. The Morgan fingerprint density at radius 2 is 2.07 bits per heavy atom. The second-order valence-corrected chi connectivity index (χ2v) is 8.85. The highest BCUT2D eigenvalue weighted by Gasteiger charge is 2.40. The molecule has 8 nitrogen and oxygen atoms in total. The lowest BCUT2D eigenvalue weighted by Gasteiger charge is -2.28. The Balaban J connectivity index is 1.62. The highest BCUT2D eigenvalue weighted by atomic mass is 32.1. The number of aromatic nitrogens is 4. The number of carbonyl (C=O) groups excluding carboxylic acids is 2. The van der Waals surface area contributed by atoms with Crippen molar-refractivity contribution >= 4 is 28.3 Å². The van der Waals surface area contributed by atoms with E-state index in [0.29, 0.717) is 35.5 Å². The number of rotatable bonds is 6. The normalized spacial score (nSPS) is 16.7. The van der Waals surface area contributed by atoms with Crippen LogP contribution < -0.4 is 5.32 Å². The number of anilines is 1. The Morgan fingerprint density at radius 1 is 1.30 bits per heavy atom. The van der Waals surface area contributed by atoms with Gasteiger partial charge in [0.05, 0.1) is 6.54 Å². The van der Waals surface area contributed by atoms with Crippen molar-refractivity contribution in [3.05, 3.63) is 22.0 Å². The van der Waals surface area contributed by atoms with E-state index in [1.54, 1.807) is 4.68 Å². The molecule has 1 fully saturated rings. The molecule has 9 heteroatoms. The third-order valence-electron chi connectivity index (χ3n) is 4.98.